The van der Waals surface area contributed by atoms with E-state index >= 15 is 0 Å². The molecular formula is C20H21N3O2. The summed E-state index contributed by atoms with van der Waals surface area (Å²) in [5.41, 5.74) is 2.93. The number of nitrogens with one attached hydrogen (secondary N) is 1. The molecule has 1 N–H and O–H groups in total. The highest BCUT2D eigenvalue weighted by Gasteiger charge is 2.31. The molecule has 0 spiro atoms. The van der Waals surface area contributed by atoms with Crippen molar-refractivity contribution in [3.8, 4) is 0 Å². The second kappa shape index (κ2) is 5.41. The highest BCUT2D eigenvalue weighted by molar-refractivity contribution is 6.09. The highest BCUT2D eigenvalue weighted by atomic mass is 16.2. The molecule has 5 heteroatoms. The summed E-state index contributed by atoms with van der Waals surface area (Å²) in [6, 6.07) is 9.81. The number of hydrogen-bond acceptors (Lipinski definition) is 3. The van der Waals surface area contributed by atoms with E-state index in [2.05, 4.69) is 38.2 Å². The topological polar surface area (TPSA) is 64.0 Å². The molecule has 2 amide bonds. The summed E-state index contributed by atoms with van der Waals surface area (Å²) in [5.74, 6) is -0.453. The number of benzene rings is 1. The van der Waals surface area contributed by atoms with E-state index in [1.165, 1.54) is 0 Å². The van der Waals surface area contributed by atoms with Crippen molar-refractivity contribution < 1.29 is 9.59 Å². The van der Waals surface area contributed by atoms with E-state index < -0.39 is 6.04 Å². The number of amides is 2. The predicted octanol–water partition coefficient (Wildman–Crippen LogP) is 3.46. The summed E-state index contributed by atoms with van der Waals surface area (Å²) in [7, 11) is 0. The van der Waals surface area contributed by atoms with E-state index in [0.717, 1.165) is 27.5 Å². The van der Waals surface area contributed by atoms with Gasteiger partial charge in [0.15, 0.2) is 0 Å². The predicted molar refractivity (Wildman–Crippen MR) is 97.4 cm³/mol. The number of nitrogens with zero attached hydrogens (tertiary/aromatic N) is 2. The number of aromatic nitrogens is 2. The van der Waals surface area contributed by atoms with Crippen LogP contribution >= 0.6 is 0 Å². The standard InChI is InChI=1S/C20H21N3O2/c1-20(2,3)12-10-14-13-6-4-5-7-15(13)23(18(14)21-11-12)16-8-9-17(24)22-19(16)25/h4-7,10-11,16H,8-9H2,1-3H3,(H,22,24,25). The molecule has 3 heterocycles. The number of imide groups is 1. The fourth-order valence-electron chi connectivity index (χ4n) is 3.53. The molecule has 1 aliphatic rings. The molecule has 0 bridgehead atoms. The van der Waals surface area contributed by atoms with Gasteiger partial charge in [0, 0.05) is 23.4 Å². The summed E-state index contributed by atoms with van der Waals surface area (Å²) in [4.78, 5) is 28.7. The maximum Gasteiger partial charge on any atom is 0.249 e. The molecule has 25 heavy (non-hydrogen) atoms. The molecule has 1 aliphatic heterocycles. The zero-order valence-corrected chi connectivity index (χ0v) is 14.7. The minimum atomic E-state index is -0.409. The van der Waals surface area contributed by atoms with E-state index in [9.17, 15) is 9.59 Å². The molecule has 0 aliphatic carbocycles. The van der Waals surface area contributed by atoms with Gasteiger partial charge < -0.3 is 4.57 Å². The number of fused-ring (bicyclic) bond motifs is 3. The fraction of sp³-hybridized carbons (Fsp3) is 0.350. The number of carbonyl (C=O) groups is 2. The van der Waals surface area contributed by atoms with Crippen molar-refractivity contribution in [3.05, 3.63) is 42.1 Å². The molecule has 1 aromatic carbocycles. The molecule has 1 unspecified atom stereocenters. The minimum absolute atomic E-state index is 0.000966. The van der Waals surface area contributed by atoms with Crippen molar-refractivity contribution in [2.75, 3.05) is 0 Å². The lowest BCUT2D eigenvalue weighted by Gasteiger charge is -2.24. The van der Waals surface area contributed by atoms with Gasteiger partial charge in [0.2, 0.25) is 11.8 Å². The van der Waals surface area contributed by atoms with Gasteiger partial charge in [0.25, 0.3) is 0 Å². The molecule has 5 nitrogen and oxygen atoms in total. The lowest BCUT2D eigenvalue weighted by atomic mass is 9.88. The maximum atomic E-state index is 12.4. The van der Waals surface area contributed by atoms with Crippen LogP contribution in [0.4, 0.5) is 0 Å². The van der Waals surface area contributed by atoms with Crippen molar-refractivity contribution in [3.63, 3.8) is 0 Å². The van der Waals surface area contributed by atoms with Crippen molar-refractivity contribution in [1.29, 1.82) is 0 Å². The van der Waals surface area contributed by atoms with Gasteiger partial charge in [-0.3, -0.25) is 14.9 Å². The van der Waals surface area contributed by atoms with Crippen molar-refractivity contribution in [1.82, 2.24) is 14.9 Å². The molecule has 0 saturated carbocycles. The lowest BCUT2D eigenvalue weighted by molar-refractivity contribution is -0.135. The normalized spacial score (nSPS) is 18.8. The van der Waals surface area contributed by atoms with Gasteiger partial charge in [-0.25, -0.2) is 4.98 Å². The van der Waals surface area contributed by atoms with Crippen molar-refractivity contribution in [2.24, 2.45) is 0 Å². The molecule has 1 saturated heterocycles. The van der Waals surface area contributed by atoms with Crippen LogP contribution in [-0.2, 0) is 15.0 Å². The van der Waals surface area contributed by atoms with Gasteiger partial charge in [-0.2, -0.15) is 0 Å². The van der Waals surface area contributed by atoms with Crippen molar-refractivity contribution in [2.45, 2.75) is 45.1 Å². The monoisotopic (exact) mass is 335 g/mol. The zero-order valence-electron chi connectivity index (χ0n) is 14.7. The van der Waals surface area contributed by atoms with Crippen LogP contribution < -0.4 is 5.32 Å². The number of hydrogen-bond donors (Lipinski definition) is 1. The fourth-order valence-corrected chi connectivity index (χ4v) is 3.53. The molecule has 4 rings (SSSR count). The Hall–Kier alpha value is -2.69. The Kier molecular flexibility index (Phi) is 3.42. The van der Waals surface area contributed by atoms with Gasteiger partial charge in [0.05, 0.1) is 5.52 Å². The van der Waals surface area contributed by atoms with E-state index in [4.69, 9.17) is 4.98 Å². The molecule has 128 valence electrons. The summed E-state index contributed by atoms with van der Waals surface area (Å²) in [6.07, 6.45) is 2.75. The first-order valence-corrected chi connectivity index (χ1v) is 8.59. The highest BCUT2D eigenvalue weighted by Crippen LogP contribution is 2.35. The Balaban J connectivity index is 2.00. The summed E-state index contributed by atoms with van der Waals surface area (Å²) in [6.45, 7) is 6.49. The second-order valence-electron chi connectivity index (χ2n) is 7.70. The average molecular weight is 335 g/mol. The molecule has 2 aromatic heterocycles. The van der Waals surface area contributed by atoms with Gasteiger partial charge in [-0.05, 0) is 29.5 Å². The van der Waals surface area contributed by atoms with E-state index in [1.54, 1.807) is 0 Å². The number of carbonyl (C=O) groups excluding carboxylic acids is 2. The van der Waals surface area contributed by atoms with E-state index in [1.807, 2.05) is 29.0 Å². The van der Waals surface area contributed by atoms with Crippen LogP contribution in [0.3, 0.4) is 0 Å². The van der Waals surface area contributed by atoms with E-state index in [-0.39, 0.29) is 17.2 Å². The largest absolute Gasteiger partial charge is 0.313 e. The first-order chi connectivity index (χ1) is 11.9. The smallest absolute Gasteiger partial charge is 0.249 e. The van der Waals surface area contributed by atoms with Crippen LogP contribution in [0.5, 0.6) is 0 Å². The summed E-state index contributed by atoms with van der Waals surface area (Å²) < 4.78 is 1.98. The van der Waals surface area contributed by atoms with Crippen LogP contribution in [0, 0.1) is 0 Å². The van der Waals surface area contributed by atoms with Gasteiger partial charge in [-0.1, -0.05) is 39.0 Å². The number of para-hydroxylation sites is 1. The van der Waals surface area contributed by atoms with Crippen LogP contribution in [0.1, 0.15) is 45.2 Å². The minimum Gasteiger partial charge on any atom is -0.313 e. The average Bonchev–Trinajstić information content (AvgIpc) is 2.88. The molecule has 1 atom stereocenters. The Labute approximate surface area is 146 Å². The summed E-state index contributed by atoms with van der Waals surface area (Å²) in [5, 5.41) is 4.59. The van der Waals surface area contributed by atoms with E-state index in [0.29, 0.717) is 12.8 Å². The van der Waals surface area contributed by atoms with Crippen molar-refractivity contribution >= 4 is 33.8 Å². The number of piperidine rings is 1. The Morgan fingerprint density at radius 2 is 1.92 bits per heavy atom. The molecule has 3 aromatic rings. The third-order valence-corrected chi connectivity index (χ3v) is 4.94. The first-order valence-electron chi connectivity index (χ1n) is 8.59. The third-order valence-electron chi connectivity index (χ3n) is 4.94. The first kappa shape index (κ1) is 15.8. The second-order valence-corrected chi connectivity index (χ2v) is 7.70. The molecule has 0 radical (unpaired) electrons. The zero-order chi connectivity index (χ0) is 17.8. The lowest BCUT2D eigenvalue weighted by Crippen LogP contribution is -2.41. The Bertz CT molecular complexity index is 1010. The van der Waals surface area contributed by atoms with Crippen LogP contribution in [0.15, 0.2) is 36.5 Å². The SMILES string of the molecule is CC(C)(C)c1cnc2c(c1)c1ccccc1n2C1CCC(=O)NC1=O. The van der Waals surface area contributed by atoms with Gasteiger partial charge in [-0.15, -0.1) is 0 Å². The number of pyridine rings is 1. The maximum absolute atomic E-state index is 12.4. The molecule has 1 fully saturated rings. The number of rotatable bonds is 1. The quantitative estimate of drug-likeness (QED) is 0.693. The summed E-state index contributed by atoms with van der Waals surface area (Å²) >= 11 is 0. The van der Waals surface area contributed by atoms with Gasteiger partial charge in [0.1, 0.15) is 11.7 Å². The Morgan fingerprint density at radius 1 is 1.16 bits per heavy atom. The third kappa shape index (κ3) is 2.51. The van der Waals surface area contributed by atoms with Crippen LogP contribution in [0.25, 0.3) is 21.9 Å². The Morgan fingerprint density at radius 3 is 2.64 bits per heavy atom. The van der Waals surface area contributed by atoms with Gasteiger partial charge >= 0.3 is 0 Å². The van der Waals surface area contributed by atoms with Crippen LogP contribution in [-0.4, -0.2) is 21.4 Å². The van der Waals surface area contributed by atoms with Crippen LogP contribution in [0.2, 0.25) is 0 Å². The molecular weight excluding hydrogens is 314 g/mol.